The largest absolute Gasteiger partial charge is 0.310 e. The van der Waals surface area contributed by atoms with E-state index < -0.39 is 0 Å². The molecule has 1 heterocycles. The van der Waals surface area contributed by atoms with Crippen molar-refractivity contribution in [2.24, 2.45) is 5.92 Å². The fourth-order valence-corrected chi connectivity index (χ4v) is 0.538. The molecule has 1 fully saturated rings. The van der Waals surface area contributed by atoms with Crippen LogP contribution < -0.4 is 5.32 Å². The monoisotopic (exact) mass is 95.1 g/mol. The van der Waals surface area contributed by atoms with Gasteiger partial charge < -0.3 is 5.32 Å². The Hall–Kier alpha value is -0.480. The molecule has 2 atom stereocenters. The van der Waals surface area contributed by atoms with Crippen LogP contribution in [0.5, 0.6) is 0 Å². The van der Waals surface area contributed by atoms with E-state index in [4.69, 9.17) is 6.42 Å². The van der Waals surface area contributed by atoms with Crippen molar-refractivity contribution in [1.29, 1.82) is 0 Å². The zero-order valence-electron chi connectivity index (χ0n) is 4.44. The summed E-state index contributed by atoms with van der Waals surface area (Å²) in [6, 6.07) is 0.630. The standard InChI is InChI=1S/C6H9N/c1-3-5(2)6-4-7-6/h1,5-7H,4H2,2H3/t5-,6?/m1/s1. The van der Waals surface area contributed by atoms with Crippen molar-refractivity contribution in [3.63, 3.8) is 0 Å². The van der Waals surface area contributed by atoms with E-state index in [-0.39, 0.29) is 0 Å². The van der Waals surface area contributed by atoms with Gasteiger partial charge >= 0.3 is 0 Å². The van der Waals surface area contributed by atoms with Crippen LogP contribution in [-0.4, -0.2) is 12.6 Å². The van der Waals surface area contributed by atoms with Crippen molar-refractivity contribution in [3.05, 3.63) is 0 Å². The lowest BCUT2D eigenvalue weighted by Gasteiger charge is -1.92. The van der Waals surface area contributed by atoms with Crippen LogP contribution in [0.15, 0.2) is 0 Å². The first-order chi connectivity index (χ1) is 3.34. The first-order valence-corrected chi connectivity index (χ1v) is 2.54. The number of rotatable bonds is 1. The van der Waals surface area contributed by atoms with Crippen molar-refractivity contribution in [1.82, 2.24) is 5.32 Å². The van der Waals surface area contributed by atoms with Crippen molar-refractivity contribution in [3.8, 4) is 12.3 Å². The Morgan fingerprint density at radius 2 is 2.57 bits per heavy atom. The Balaban J connectivity index is 2.27. The van der Waals surface area contributed by atoms with Gasteiger partial charge in [-0.05, 0) is 6.92 Å². The lowest BCUT2D eigenvalue weighted by atomic mass is 10.1. The minimum absolute atomic E-state index is 0.431. The predicted molar refractivity (Wildman–Crippen MR) is 29.8 cm³/mol. The minimum Gasteiger partial charge on any atom is -0.310 e. The van der Waals surface area contributed by atoms with E-state index in [9.17, 15) is 0 Å². The summed E-state index contributed by atoms with van der Waals surface area (Å²) in [6.45, 7) is 3.18. The van der Waals surface area contributed by atoms with Crippen LogP contribution in [0.2, 0.25) is 0 Å². The van der Waals surface area contributed by atoms with Gasteiger partial charge in [-0.1, -0.05) is 0 Å². The molecule has 1 aliphatic rings. The van der Waals surface area contributed by atoms with Crippen LogP contribution in [0.3, 0.4) is 0 Å². The SMILES string of the molecule is C#C[C@@H](C)C1CN1. The average molecular weight is 95.1 g/mol. The summed E-state index contributed by atoms with van der Waals surface area (Å²) >= 11 is 0. The molecule has 0 aromatic heterocycles. The lowest BCUT2D eigenvalue weighted by molar-refractivity contribution is 0.732. The third kappa shape index (κ3) is 0.942. The van der Waals surface area contributed by atoms with Gasteiger partial charge in [0.25, 0.3) is 0 Å². The molecular formula is C6H9N. The summed E-state index contributed by atoms with van der Waals surface area (Å²) in [5.41, 5.74) is 0. The highest BCUT2D eigenvalue weighted by Gasteiger charge is 2.24. The summed E-state index contributed by atoms with van der Waals surface area (Å²) < 4.78 is 0. The Bertz CT molecular complexity index is 97.2. The molecule has 1 aliphatic heterocycles. The summed E-state index contributed by atoms with van der Waals surface area (Å²) in [5.74, 6) is 3.09. The maximum Gasteiger partial charge on any atom is 0.0337 e. The Morgan fingerprint density at radius 1 is 2.00 bits per heavy atom. The quantitative estimate of drug-likeness (QED) is 0.365. The van der Waals surface area contributed by atoms with E-state index in [1.54, 1.807) is 0 Å². The van der Waals surface area contributed by atoms with Crippen molar-refractivity contribution >= 4 is 0 Å². The molecule has 1 rings (SSSR count). The average Bonchev–Trinajstić information content (AvgIpc) is 2.44. The molecule has 0 bridgehead atoms. The Kier molecular flexibility index (Phi) is 1.04. The van der Waals surface area contributed by atoms with E-state index in [0.29, 0.717) is 12.0 Å². The first kappa shape index (κ1) is 4.67. The summed E-state index contributed by atoms with van der Waals surface area (Å²) in [5, 5.41) is 3.14. The van der Waals surface area contributed by atoms with Crippen LogP contribution in [0.4, 0.5) is 0 Å². The Morgan fingerprint density at radius 3 is 2.71 bits per heavy atom. The van der Waals surface area contributed by atoms with Crippen LogP contribution in [0.25, 0.3) is 0 Å². The molecule has 1 heteroatoms. The fraction of sp³-hybridized carbons (Fsp3) is 0.667. The molecule has 38 valence electrons. The van der Waals surface area contributed by atoms with Crippen LogP contribution in [0.1, 0.15) is 6.92 Å². The molecule has 0 amide bonds. The maximum absolute atomic E-state index is 5.12. The van der Waals surface area contributed by atoms with Gasteiger partial charge in [-0.3, -0.25) is 0 Å². The van der Waals surface area contributed by atoms with E-state index >= 15 is 0 Å². The smallest absolute Gasteiger partial charge is 0.0337 e. The second-order valence-corrected chi connectivity index (χ2v) is 1.97. The topological polar surface area (TPSA) is 21.9 Å². The molecule has 0 saturated carbocycles. The molecule has 1 N–H and O–H groups in total. The number of hydrogen-bond donors (Lipinski definition) is 1. The molecule has 7 heavy (non-hydrogen) atoms. The van der Waals surface area contributed by atoms with Gasteiger partial charge in [0, 0.05) is 18.5 Å². The molecule has 1 nitrogen and oxygen atoms in total. The summed E-state index contributed by atoms with van der Waals surface area (Å²) in [6.07, 6.45) is 5.12. The van der Waals surface area contributed by atoms with E-state index in [0.717, 1.165) is 6.54 Å². The van der Waals surface area contributed by atoms with Crippen LogP contribution in [-0.2, 0) is 0 Å². The molecule has 0 aromatic carbocycles. The molecule has 0 radical (unpaired) electrons. The van der Waals surface area contributed by atoms with Crippen molar-refractivity contribution < 1.29 is 0 Å². The predicted octanol–water partition coefficient (Wildman–Crippen LogP) is 0.227. The normalized spacial score (nSPS) is 31.1. The van der Waals surface area contributed by atoms with E-state index in [2.05, 4.69) is 18.2 Å². The summed E-state index contributed by atoms with van der Waals surface area (Å²) in [4.78, 5) is 0. The molecule has 1 unspecified atom stereocenters. The molecule has 1 saturated heterocycles. The zero-order chi connectivity index (χ0) is 5.28. The van der Waals surface area contributed by atoms with Crippen molar-refractivity contribution in [2.45, 2.75) is 13.0 Å². The molecule has 0 spiro atoms. The maximum atomic E-state index is 5.12. The van der Waals surface area contributed by atoms with Gasteiger partial charge in [0.2, 0.25) is 0 Å². The van der Waals surface area contributed by atoms with Crippen LogP contribution in [0, 0.1) is 18.3 Å². The Labute approximate surface area is 44.1 Å². The van der Waals surface area contributed by atoms with E-state index in [1.807, 2.05) is 0 Å². The number of terminal acetylenes is 1. The third-order valence-corrected chi connectivity index (χ3v) is 1.31. The van der Waals surface area contributed by atoms with Gasteiger partial charge in [0.05, 0.1) is 0 Å². The number of hydrogen-bond acceptors (Lipinski definition) is 1. The fourth-order valence-electron chi connectivity index (χ4n) is 0.538. The highest BCUT2D eigenvalue weighted by molar-refractivity contribution is 5.03. The zero-order valence-corrected chi connectivity index (χ0v) is 4.44. The third-order valence-electron chi connectivity index (χ3n) is 1.31. The lowest BCUT2D eigenvalue weighted by Crippen LogP contribution is -2.01. The molecule has 0 aromatic rings. The van der Waals surface area contributed by atoms with Gasteiger partial charge in [-0.15, -0.1) is 12.3 Å². The highest BCUT2D eigenvalue weighted by atomic mass is 15.1. The first-order valence-electron chi connectivity index (χ1n) is 2.54. The molecule has 0 aliphatic carbocycles. The van der Waals surface area contributed by atoms with Gasteiger partial charge in [-0.2, -0.15) is 0 Å². The van der Waals surface area contributed by atoms with Gasteiger partial charge in [0.15, 0.2) is 0 Å². The van der Waals surface area contributed by atoms with Gasteiger partial charge in [0.1, 0.15) is 0 Å². The van der Waals surface area contributed by atoms with Crippen LogP contribution >= 0.6 is 0 Å². The summed E-state index contributed by atoms with van der Waals surface area (Å²) in [7, 11) is 0. The van der Waals surface area contributed by atoms with Crippen molar-refractivity contribution in [2.75, 3.05) is 6.54 Å². The van der Waals surface area contributed by atoms with Gasteiger partial charge in [-0.25, -0.2) is 0 Å². The second-order valence-electron chi connectivity index (χ2n) is 1.97. The van der Waals surface area contributed by atoms with E-state index in [1.165, 1.54) is 0 Å². The number of nitrogens with one attached hydrogen (secondary N) is 1. The second kappa shape index (κ2) is 1.55. The highest BCUT2D eigenvalue weighted by Crippen LogP contribution is 2.08. The minimum atomic E-state index is 0.431. The molecular weight excluding hydrogens is 86.1 g/mol.